The van der Waals surface area contributed by atoms with Gasteiger partial charge in [-0.1, -0.05) is 57.6 Å². The van der Waals surface area contributed by atoms with Crippen LogP contribution in [0.4, 0.5) is 8.78 Å². The highest BCUT2D eigenvalue weighted by atomic mass is 19.2. The molecule has 0 spiro atoms. The summed E-state index contributed by atoms with van der Waals surface area (Å²) in [4.78, 5) is 8.90. The number of allylic oxidation sites excluding steroid dienone is 1. The number of benzene rings is 1. The molecule has 1 aromatic carbocycles. The second-order valence-electron chi connectivity index (χ2n) is 8.26. The van der Waals surface area contributed by atoms with Crippen LogP contribution in [0.15, 0.2) is 30.5 Å². The average Bonchev–Trinajstić information content (AvgIpc) is 2.75. The van der Waals surface area contributed by atoms with E-state index < -0.39 is 11.6 Å². The molecule has 3 nitrogen and oxygen atoms in total. The van der Waals surface area contributed by atoms with Crippen LogP contribution in [0.25, 0.3) is 17.5 Å². The Bertz CT molecular complexity index is 821. The molecule has 1 aromatic heterocycles. The number of aliphatic hydroxyl groups excluding tert-OH is 1. The third kappa shape index (κ3) is 8.86. The molecule has 0 aliphatic heterocycles. The highest BCUT2D eigenvalue weighted by molar-refractivity contribution is 5.59. The zero-order chi connectivity index (χ0) is 22.5. The molecule has 1 unspecified atom stereocenters. The minimum absolute atomic E-state index is 0.0812. The molecule has 0 fully saturated rings. The van der Waals surface area contributed by atoms with Crippen molar-refractivity contribution < 1.29 is 13.9 Å². The summed E-state index contributed by atoms with van der Waals surface area (Å²) < 4.78 is 27.9. The number of aromatic nitrogens is 2. The van der Waals surface area contributed by atoms with Gasteiger partial charge >= 0.3 is 0 Å². The van der Waals surface area contributed by atoms with Crippen molar-refractivity contribution in [1.82, 2.24) is 9.97 Å². The fourth-order valence-corrected chi connectivity index (χ4v) is 3.56. The molecule has 0 saturated heterocycles. The largest absolute Gasteiger partial charge is 0.393 e. The Hall–Kier alpha value is -2.14. The van der Waals surface area contributed by atoms with Gasteiger partial charge in [-0.2, -0.15) is 0 Å². The molecule has 31 heavy (non-hydrogen) atoms. The fraction of sp³-hybridized carbons (Fsp3) is 0.538. The number of hydrogen-bond donors (Lipinski definition) is 1. The van der Waals surface area contributed by atoms with Crippen LogP contribution >= 0.6 is 0 Å². The smallest absolute Gasteiger partial charge is 0.169 e. The summed E-state index contributed by atoms with van der Waals surface area (Å²) in [6, 6.07) is 4.07. The van der Waals surface area contributed by atoms with Gasteiger partial charge in [0.15, 0.2) is 17.5 Å². The SMILES string of the molecule is CCCCCCCC=Cc1nc(-c2cccc(F)c2F)ncc1CCCCCC(C)O. The third-order valence-corrected chi connectivity index (χ3v) is 5.41. The lowest BCUT2D eigenvalue weighted by Crippen LogP contribution is -2.02. The van der Waals surface area contributed by atoms with Crippen molar-refractivity contribution in [3.05, 3.63) is 53.4 Å². The van der Waals surface area contributed by atoms with Crippen LogP contribution in [0.1, 0.15) is 89.3 Å². The molecule has 0 radical (unpaired) electrons. The van der Waals surface area contributed by atoms with Gasteiger partial charge in [0, 0.05) is 6.20 Å². The first-order valence-electron chi connectivity index (χ1n) is 11.7. The molecule has 0 bridgehead atoms. The zero-order valence-electron chi connectivity index (χ0n) is 18.9. The Kier molecular flexibility index (Phi) is 11.4. The van der Waals surface area contributed by atoms with E-state index in [2.05, 4.69) is 23.0 Å². The molecule has 0 aliphatic carbocycles. The molecule has 170 valence electrons. The molecule has 2 aromatic rings. The molecular formula is C26H36F2N2O. The summed E-state index contributed by atoms with van der Waals surface area (Å²) in [6.45, 7) is 4.02. The average molecular weight is 431 g/mol. The lowest BCUT2D eigenvalue weighted by atomic mass is 10.0. The lowest BCUT2D eigenvalue weighted by molar-refractivity contribution is 0.180. The van der Waals surface area contributed by atoms with Gasteiger partial charge in [0.25, 0.3) is 0 Å². The van der Waals surface area contributed by atoms with Gasteiger partial charge in [-0.3, -0.25) is 0 Å². The van der Waals surface area contributed by atoms with Crippen LogP contribution < -0.4 is 0 Å². The second-order valence-corrected chi connectivity index (χ2v) is 8.26. The maximum absolute atomic E-state index is 14.2. The summed E-state index contributed by atoms with van der Waals surface area (Å²) in [7, 11) is 0. The Balaban J connectivity index is 2.10. The first-order chi connectivity index (χ1) is 15.0. The van der Waals surface area contributed by atoms with Gasteiger partial charge < -0.3 is 5.11 Å². The number of aliphatic hydroxyl groups is 1. The molecule has 1 heterocycles. The molecule has 1 atom stereocenters. The van der Waals surface area contributed by atoms with Gasteiger partial charge in [-0.25, -0.2) is 18.7 Å². The van der Waals surface area contributed by atoms with Gasteiger partial charge in [0.1, 0.15) is 0 Å². The summed E-state index contributed by atoms with van der Waals surface area (Å²) in [5, 5.41) is 9.40. The number of nitrogens with zero attached hydrogens (tertiary/aromatic N) is 2. The van der Waals surface area contributed by atoms with Crippen molar-refractivity contribution in [3.8, 4) is 11.4 Å². The van der Waals surface area contributed by atoms with Crippen LogP contribution in [0.5, 0.6) is 0 Å². The second kappa shape index (κ2) is 14.0. The van der Waals surface area contributed by atoms with E-state index in [9.17, 15) is 13.9 Å². The van der Waals surface area contributed by atoms with Crippen LogP contribution in [-0.2, 0) is 6.42 Å². The normalized spacial score (nSPS) is 12.5. The first-order valence-corrected chi connectivity index (χ1v) is 11.7. The van der Waals surface area contributed by atoms with Crippen molar-refractivity contribution in [2.24, 2.45) is 0 Å². The quantitative estimate of drug-likeness (QED) is 0.320. The Labute approximate surface area is 185 Å². The first kappa shape index (κ1) is 25.1. The van der Waals surface area contributed by atoms with E-state index in [4.69, 9.17) is 0 Å². The number of unbranched alkanes of at least 4 members (excludes halogenated alkanes) is 7. The fourth-order valence-electron chi connectivity index (χ4n) is 3.56. The van der Waals surface area contributed by atoms with E-state index in [0.717, 1.165) is 62.3 Å². The maximum Gasteiger partial charge on any atom is 0.169 e. The van der Waals surface area contributed by atoms with E-state index in [0.29, 0.717) is 0 Å². The van der Waals surface area contributed by atoms with E-state index >= 15 is 0 Å². The molecule has 0 amide bonds. The van der Waals surface area contributed by atoms with E-state index in [-0.39, 0.29) is 17.5 Å². The van der Waals surface area contributed by atoms with Crippen molar-refractivity contribution >= 4 is 6.08 Å². The van der Waals surface area contributed by atoms with Crippen LogP contribution in [0, 0.1) is 11.6 Å². The van der Waals surface area contributed by atoms with Gasteiger partial charge in [-0.05, 0) is 62.8 Å². The van der Waals surface area contributed by atoms with E-state index in [1.807, 2.05) is 13.0 Å². The number of hydrogen-bond acceptors (Lipinski definition) is 3. The van der Waals surface area contributed by atoms with Crippen molar-refractivity contribution in [2.45, 2.75) is 90.6 Å². The van der Waals surface area contributed by atoms with Crippen molar-refractivity contribution in [2.75, 3.05) is 0 Å². The molecule has 0 aliphatic rings. The Morgan fingerprint density at radius 3 is 2.58 bits per heavy atom. The van der Waals surface area contributed by atoms with Crippen LogP contribution in [0.2, 0.25) is 0 Å². The zero-order valence-corrected chi connectivity index (χ0v) is 18.9. The van der Waals surface area contributed by atoms with Crippen molar-refractivity contribution in [1.29, 1.82) is 0 Å². The van der Waals surface area contributed by atoms with Crippen LogP contribution in [0.3, 0.4) is 0 Å². The predicted molar refractivity (Wildman–Crippen MR) is 124 cm³/mol. The minimum atomic E-state index is -0.917. The van der Waals surface area contributed by atoms with Crippen molar-refractivity contribution in [3.63, 3.8) is 0 Å². The molecular weight excluding hydrogens is 394 g/mol. The summed E-state index contributed by atoms with van der Waals surface area (Å²) in [6.07, 6.45) is 17.3. The number of aryl methyl sites for hydroxylation is 1. The highest BCUT2D eigenvalue weighted by Crippen LogP contribution is 2.23. The minimum Gasteiger partial charge on any atom is -0.393 e. The van der Waals surface area contributed by atoms with Gasteiger partial charge in [-0.15, -0.1) is 0 Å². The van der Waals surface area contributed by atoms with E-state index in [1.165, 1.54) is 37.8 Å². The summed E-state index contributed by atoms with van der Waals surface area (Å²) in [5.74, 6) is -1.61. The van der Waals surface area contributed by atoms with Gasteiger partial charge in [0.2, 0.25) is 0 Å². The van der Waals surface area contributed by atoms with Gasteiger partial charge in [0.05, 0.1) is 17.4 Å². The van der Waals surface area contributed by atoms with E-state index in [1.54, 1.807) is 6.20 Å². The third-order valence-electron chi connectivity index (χ3n) is 5.41. The molecule has 1 N–H and O–H groups in total. The lowest BCUT2D eigenvalue weighted by Gasteiger charge is -2.09. The summed E-state index contributed by atoms with van der Waals surface area (Å²) in [5.41, 5.74) is 1.87. The Morgan fingerprint density at radius 1 is 1.03 bits per heavy atom. The van der Waals surface area contributed by atoms with Crippen LogP contribution in [-0.4, -0.2) is 21.2 Å². The molecule has 0 saturated carbocycles. The summed E-state index contributed by atoms with van der Waals surface area (Å²) >= 11 is 0. The predicted octanol–water partition coefficient (Wildman–Crippen LogP) is 7.28. The maximum atomic E-state index is 14.2. The monoisotopic (exact) mass is 430 g/mol. The number of rotatable bonds is 14. The molecule has 5 heteroatoms. The Morgan fingerprint density at radius 2 is 1.81 bits per heavy atom. The highest BCUT2D eigenvalue weighted by Gasteiger charge is 2.14. The standard InChI is InChI=1S/C26H36F2N2O/c1-3-4-5-6-7-8-12-18-24-21(15-11-9-10-14-20(2)31)19-29-26(30-24)22-16-13-17-23(27)25(22)28/h12-13,16-20,31H,3-11,14-15H2,1-2H3. The molecule has 2 rings (SSSR count). The number of halogens is 2. The topological polar surface area (TPSA) is 46.0 Å².